The summed E-state index contributed by atoms with van der Waals surface area (Å²) in [7, 11) is 0. The number of fused-ring (bicyclic) bond motifs is 2. The molecule has 15 heavy (non-hydrogen) atoms. The summed E-state index contributed by atoms with van der Waals surface area (Å²) in [5.41, 5.74) is 3.03. The fourth-order valence-electron chi connectivity index (χ4n) is 2.62. The number of nitrogens with one attached hydrogen (secondary N) is 1. The third-order valence-corrected chi connectivity index (χ3v) is 3.97. The minimum atomic E-state index is -0.289. The Kier molecular flexibility index (Phi) is 1.70. The average Bonchev–Trinajstić information content (AvgIpc) is 2.89. The summed E-state index contributed by atoms with van der Waals surface area (Å²) < 4.78 is 0. The molecule has 1 spiro atoms. The van der Waals surface area contributed by atoms with Crippen LogP contribution < -0.4 is 5.32 Å². The van der Waals surface area contributed by atoms with Crippen LogP contribution in [0.5, 0.6) is 0 Å². The third-order valence-electron chi connectivity index (χ3n) is 3.60. The Morgan fingerprint density at radius 3 is 3.07 bits per heavy atom. The zero-order valence-corrected chi connectivity index (χ0v) is 9.27. The van der Waals surface area contributed by atoms with Gasteiger partial charge in [0, 0.05) is 11.6 Å². The minimum absolute atomic E-state index is 0.133. The summed E-state index contributed by atoms with van der Waals surface area (Å²) in [5, 5.41) is 2.94. The molecule has 1 aliphatic heterocycles. The molecular formula is C12H12ClNO. The van der Waals surface area contributed by atoms with Gasteiger partial charge in [0.2, 0.25) is 5.91 Å². The number of carbonyl (C=O) groups is 1. The molecule has 2 aliphatic rings. The molecule has 1 amide bonds. The Labute approximate surface area is 93.6 Å². The maximum Gasteiger partial charge on any atom is 0.235 e. The third kappa shape index (κ3) is 1.03. The lowest BCUT2D eigenvalue weighted by molar-refractivity contribution is -0.118. The molecule has 78 valence electrons. The highest BCUT2D eigenvalue weighted by atomic mass is 35.5. The fraction of sp³-hybridized carbons (Fsp3) is 0.417. The van der Waals surface area contributed by atoms with E-state index in [2.05, 4.69) is 18.3 Å². The number of anilines is 1. The van der Waals surface area contributed by atoms with Crippen molar-refractivity contribution in [1.82, 2.24) is 0 Å². The molecule has 3 heteroatoms. The second-order valence-corrected chi connectivity index (χ2v) is 4.84. The molecule has 0 aromatic heterocycles. The maximum absolute atomic E-state index is 11.9. The highest BCUT2D eigenvalue weighted by molar-refractivity contribution is 6.19. The number of hydrogen-bond donors (Lipinski definition) is 1. The number of halogens is 1. The Balaban J connectivity index is 2.14. The quantitative estimate of drug-likeness (QED) is 0.726. The minimum Gasteiger partial charge on any atom is -0.325 e. The second kappa shape index (κ2) is 2.76. The first kappa shape index (κ1) is 9.22. The molecule has 2 atom stereocenters. The van der Waals surface area contributed by atoms with E-state index in [1.165, 1.54) is 5.56 Å². The molecule has 0 saturated heterocycles. The van der Waals surface area contributed by atoms with E-state index in [0.29, 0.717) is 11.8 Å². The molecule has 0 bridgehead atoms. The maximum atomic E-state index is 11.9. The van der Waals surface area contributed by atoms with Crippen molar-refractivity contribution in [3.63, 3.8) is 0 Å². The topological polar surface area (TPSA) is 29.1 Å². The highest BCUT2D eigenvalue weighted by Gasteiger charge is 2.64. The number of carbonyl (C=O) groups excluding carboxylic acids is 1. The number of hydrogen-bond acceptors (Lipinski definition) is 1. The smallest absolute Gasteiger partial charge is 0.235 e. The molecular weight excluding hydrogens is 210 g/mol. The molecule has 2 nitrogen and oxygen atoms in total. The van der Waals surface area contributed by atoms with Crippen molar-refractivity contribution in [2.24, 2.45) is 5.92 Å². The van der Waals surface area contributed by atoms with Crippen LogP contribution in [0.1, 0.15) is 17.5 Å². The van der Waals surface area contributed by atoms with E-state index < -0.39 is 0 Å². The lowest BCUT2D eigenvalue weighted by Gasteiger charge is -2.07. The van der Waals surface area contributed by atoms with E-state index in [-0.39, 0.29) is 11.3 Å². The lowest BCUT2D eigenvalue weighted by atomic mass is 9.94. The first-order valence-corrected chi connectivity index (χ1v) is 5.70. The number of amides is 1. The molecule has 0 radical (unpaired) electrons. The van der Waals surface area contributed by atoms with Gasteiger partial charge in [0.15, 0.2) is 0 Å². The van der Waals surface area contributed by atoms with Gasteiger partial charge in [-0.3, -0.25) is 4.79 Å². The summed E-state index contributed by atoms with van der Waals surface area (Å²) >= 11 is 5.86. The van der Waals surface area contributed by atoms with Crippen LogP contribution in [0.4, 0.5) is 5.69 Å². The average molecular weight is 222 g/mol. The Morgan fingerprint density at radius 1 is 1.60 bits per heavy atom. The van der Waals surface area contributed by atoms with Crippen LogP contribution in [0, 0.1) is 12.8 Å². The Hall–Kier alpha value is -1.02. The van der Waals surface area contributed by atoms with Crippen molar-refractivity contribution in [3.8, 4) is 0 Å². The van der Waals surface area contributed by atoms with E-state index in [1.807, 2.05) is 12.1 Å². The summed E-state index contributed by atoms with van der Waals surface area (Å²) in [4.78, 5) is 11.9. The molecule has 1 aliphatic carbocycles. The van der Waals surface area contributed by atoms with Crippen molar-refractivity contribution < 1.29 is 4.79 Å². The zero-order valence-electron chi connectivity index (χ0n) is 8.51. The van der Waals surface area contributed by atoms with Crippen molar-refractivity contribution in [2.75, 3.05) is 11.2 Å². The van der Waals surface area contributed by atoms with Crippen LogP contribution in [-0.2, 0) is 10.2 Å². The van der Waals surface area contributed by atoms with E-state index in [0.717, 1.165) is 17.7 Å². The number of rotatable bonds is 1. The summed E-state index contributed by atoms with van der Waals surface area (Å²) in [5.74, 6) is 1.02. The van der Waals surface area contributed by atoms with E-state index in [1.54, 1.807) is 0 Å². The van der Waals surface area contributed by atoms with Gasteiger partial charge in [-0.15, -0.1) is 11.6 Å². The molecule has 0 unspecified atom stereocenters. The normalized spacial score (nSPS) is 31.6. The van der Waals surface area contributed by atoms with Gasteiger partial charge in [0.1, 0.15) is 0 Å². The molecule has 1 heterocycles. The molecule has 1 aromatic rings. The van der Waals surface area contributed by atoms with Crippen LogP contribution in [0.2, 0.25) is 0 Å². The van der Waals surface area contributed by atoms with Crippen LogP contribution in [0.3, 0.4) is 0 Å². The molecule has 3 rings (SSSR count). The standard InChI is InChI=1S/C12H12ClNO/c1-7-2-3-10-9(4-7)12(11(15)14-10)5-8(12)6-13/h2-4,8H,5-6H2,1H3,(H,14,15)/t8-,12-/m1/s1. The van der Waals surface area contributed by atoms with Crippen molar-refractivity contribution >= 4 is 23.2 Å². The predicted octanol–water partition coefficient (Wildman–Crippen LogP) is 2.44. The number of alkyl halides is 1. The molecule has 1 saturated carbocycles. The molecule has 1 aromatic carbocycles. The van der Waals surface area contributed by atoms with Gasteiger partial charge in [-0.1, -0.05) is 17.7 Å². The summed E-state index contributed by atoms with van der Waals surface area (Å²) in [6.45, 7) is 2.05. The van der Waals surface area contributed by atoms with Gasteiger partial charge in [-0.25, -0.2) is 0 Å². The first-order valence-electron chi connectivity index (χ1n) is 5.17. The first-order chi connectivity index (χ1) is 7.18. The van der Waals surface area contributed by atoms with Crippen molar-refractivity contribution in [3.05, 3.63) is 29.3 Å². The summed E-state index contributed by atoms with van der Waals surface area (Å²) in [6, 6.07) is 6.12. The van der Waals surface area contributed by atoms with Gasteiger partial charge in [-0.05, 0) is 30.9 Å². The SMILES string of the molecule is Cc1ccc2c(c1)[C@]1(C[C@@H]1CCl)C(=O)N2. The van der Waals surface area contributed by atoms with E-state index >= 15 is 0 Å². The highest BCUT2D eigenvalue weighted by Crippen LogP contribution is 2.60. The van der Waals surface area contributed by atoms with E-state index in [9.17, 15) is 4.79 Å². The van der Waals surface area contributed by atoms with Crippen LogP contribution >= 0.6 is 11.6 Å². The number of aryl methyl sites for hydroxylation is 1. The van der Waals surface area contributed by atoms with Crippen molar-refractivity contribution in [1.29, 1.82) is 0 Å². The lowest BCUT2D eigenvalue weighted by Crippen LogP contribution is -2.21. The van der Waals surface area contributed by atoms with E-state index in [4.69, 9.17) is 11.6 Å². The van der Waals surface area contributed by atoms with Gasteiger partial charge >= 0.3 is 0 Å². The van der Waals surface area contributed by atoms with Crippen LogP contribution in [0.25, 0.3) is 0 Å². The summed E-state index contributed by atoms with van der Waals surface area (Å²) in [6.07, 6.45) is 0.902. The molecule has 1 N–H and O–H groups in total. The predicted molar refractivity (Wildman–Crippen MR) is 60.3 cm³/mol. The Morgan fingerprint density at radius 2 is 2.40 bits per heavy atom. The van der Waals surface area contributed by atoms with Gasteiger partial charge in [0.25, 0.3) is 0 Å². The van der Waals surface area contributed by atoms with Gasteiger partial charge in [0.05, 0.1) is 5.41 Å². The second-order valence-electron chi connectivity index (χ2n) is 4.53. The fourth-order valence-corrected chi connectivity index (χ4v) is 2.99. The van der Waals surface area contributed by atoms with Crippen LogP contribution in [-0.4, -0.2) is 11.8 Å². The molecule has 1 fully saturated rings. The zero-order chi connectivity index (χ0) is 10.6. The van der Waals surface area contributed by atoms with Crippen molar-refractivity contribution in [2.45, 2.75) is 18.8 Å². The largest absolute Gasteiger partial charge is 0.325 e. The Bertz CT molecular complexity index is 457. The van der Waals surface area contributed by atoms with Gasteiger partial charge in [-0.2, -0.15) is 0 Å². The number of benzene rings is 1. The monoisotopic (exact) mass is 221 g/mol. The van der Waals surface area contributed by atoms with Crippen LogP contribution in [0.15, 0.2) is 18.2 Å². The van der Waals surface area contributed by atoms with Gasteiger partial charge < -0.3 is 5.32 Å².